The zero-order valence-electron chi connectivity index (χ0n) is 11.2. The van der Waals surface area contributed by atoms with Gasteiger partial charge in [-0.25, -0.2) is 0 Å². The fraction of sp³-hybridized carbons (Fsp3) is 0.429. The number of nitrogens with two attached hydrogens (primary N) is 1. The summed E-state index contributed by atoms with van der Waals surface area (Å²) in [6.45, 7) is 4.10. The molecule has 0 aliphatic heterocycles. The quantitative estimate of drug-likeness (QED) is 0.843. The molecule has 19 heavy (non-hydrogen) atoms. The maximum absolute atomic E-state index is 11.8. The lowest BCUT2D eigenvalue weighted by Crippen LogP contribution is -2.37. The van der Waals surface area contributed by atoms with Gasteiger partial charge < -0.3 is 11.1 Å². The van der Waals surface area contributed by atoms with E-state index in [0.717, 1.165) is 10.9 Å². The number of carbonyl (C=O) groups is 2. The van der Waals surface area contributed by atoms with Crippen LogP contribution >= 0.6 is 15.9 Å². The Bertz CT molecular complexity index is 461. The average molecular weight is 327 g/mol. The number of rotatable bonds is 6. The van der Waals surface area contributed by atoms with Gasteiger partial charge in [-0.05, 0) is 30.0 Å². The topological polar surface area (TPSA) is 72.2 Å². The molecule has 0 aliphatic carbocycles. The summed E-state index contributed by atoms with van der Waals surface area (Å²) in [5.74, 6) is -0.267. The number of nitrogens with one attached hydrogen (secondary N) is 1. The molecule has 1 atom stereocenters. The maximum Gasteiger partial charge on any atom is 0.244 e. The van der Waals surface area contributed by atoms with Crippen molar-refractivity contribution in [2.45, 2.75) is 32.7 Å². The monoisotopic (exact) mass is 326 g/mol. The molecule has 5 heteroatoms. The van der Waals surface area contributed by atoms with E-state index in [4.69, 9.17) is 5.73 Å². The second-order valence-electron chi connectivity index (χ2n) is 4.89. The second-order valence-corrected chi connectivity index (χ2v) is 5.81. The number of primary amides is 1. The van der Waals surface area contributed by atoms with E-state index in [2.05, 4.69) is 21.2 Å². The molecule has 0 radical (unpaired) electrons. The Morgan fingerprint density at radius 1 is 1.37 bits per heavy atom. The van der Waals surface area contributed by atoms with Crippen LogP contribution in [0.3, 0.4) is 0 Å². The SMILES string of the molecule is CC(C)CCC(=O)N[C@@H](C(N)=O)c1cccc(Br)c1. The van der Waals surface area contributed by atoms with E-state index in [0.29, 0.717) is 17.9 Å². The van der Waals surface area contributed by atoms with Gasteiger partial charge in [0.2, 0.25) is 11.8 Å². The van der Waals surface area contributed by atoms with E-state index < -0.39 is 11.9 Å². The summed E-state index contributed by atoms with van der Waals surface area (Å²) in [4.78, 5) is 23.3. The molecule has 0 fully saturated rings. The first-order valence-electron chi connectivity index (χ1n) is 6.24. The minimum absolute atomic E-state index is 0.155. The summed E-state index contributed by atoms with van der Waals surface area (Å²) < 4.78 is 0.840. The Balaban J connectivity index is 2.74. The molecule has 2 amide bonds. The van der Waals surface area contributed by atoms with Crippen molar-refractivity contribution in [1.29, 1.82) is 0 Å². The fourth-order valence-corrected chi connectivity index (χ4v) is 2.07. The Morgan fingerprint density at radius 3 is 2.58 bits per heavy atom. The molecule has 0 aliphatic rings. The molecule has 104 valence electrons. The molecule has 3 N–H and O–H groups in total. The third kappa shape index (κ3) is 5.42. The summed E-state index contributed by atoms with van der Waals surface area (Å²) >= 11 is 3.33. The lowest BCUT2D eigenvalue weighted by atomic mass is 10.0. The molecular formula is C14H19BrN2O2. The first-order valence-corrected chi connectivity index (χ1v) is 7.03. The third-order valence-corrected chi connectivity index (χ3v) is 3.21. The van der Waals surface area contributed by atoms with Gasteiger partial charge in [-0.1, -0.05) is 41.9 Å². The number of benzene rings is 1. The van der Waals surface area contributed by atoms with Crippen molar-refractivity contribution in [2.24, 2.45) is 11.7 Å². The van der Waals surface area contributed by atoms with Crippen LogP contribution in [0.4, 0.5) is 0 Å². The summed E-state index contributed by atoms with van der Waals surface area (Å²) in [6.07, 6.45) is 1.19. The van der Waals surface area contributed by atoms with E-state index in [1.807, 2.05) is 19.9 Å². The van der Waals surface area contributed by atoms with E-state index in [1.165, 1.54) is 0 Å². The lowest BCUT2D eigenvalue weighted by molar-refractivity contribution is -0.127. The number of halogens is 1. The Hall–Kier alpha value is -1.36. The van der Waals surface area contributed by atoms with Crippen LogP contribution in [0.25, 0.3) is 0 Å². The predicted octanol–water partition coefficient (Wildman–Crippen LogP) is 2.53. The molecule has 1 rings (SSSR count). The van der Waals surface area contributed by atoms with Gasteiger partial charge in [0.15, 0.2) is 0 Å². The Kier molecular flexibility index (Phi) is 6.02. The minimum atomic E-state index is -0.780. The van der Waals surface area contributed by atoms with Gasteiger partial charge in [-0.15, -0.1) is 0 Å². The predicted molar refractivity (Wildman–Crippen MR) is 78.3 cm³/mol. The van der Waals surface area contributed by atoms with E-state index in [1.54, 1.807) is 18.2 Å². The number of carbonyl (C=O) groups excluding carboxylic acids is 2. The Morgan fingerprint density at radius 2 is 2.05 bits per heavy atom. The zero-order chi connectivity index (χ0) is 14.4. The minimum Gasteiger partial charge on any atom is -0.368 e. The van der Waals surface area contributed by atoms with Gasteiger partial charge in [-0.2, -0.15) is 0 Å². The van der Waals surface area contributed by atoms with Crippen LogP contribution in [0, 0.1) is 5.92 Å². The normalized spacial score (nSPS) is 12.2. The molecule has 0 heterocycles. The van der Waals surface area contributed by atoms with Crippen molar-refractivity contribution in [1.82, 2.24) is 5.32 Å². The van der Waals surface area contributed by atoms with Crippen LogP contribution in [0.5, 0.6) is 0 Å². The van der Waals surface area contributed by atoms with Crippen molar-refractivity contribution in [2.75, 3.05) is 0 Å². The molecule has 1 aromatic rings. The molecular weight excluding hydrogens is 308 g/mol. The van der Waals surface area contributed by atoms with Gasteiger partial charge in [0.05, 0.1) is 0 Å². The fourth-order valence-electron chi connectivity index (χ4n) is 1.66. The smallest absolute Gasteiger partial charge is 0.244 e. The number of hydrogen-bond donors (Lipinski definition) is 2. The standard InChI is InChI=1S/C14H19BrN2O2/c1-9(2)6-7-12(18)17-13(14(16)19)10-4-3-5-11(15)8-10/h3-5,8-9,13H,6-7H2,1-2H3,(H2,16,19)(H,17,18)/t13-/m1/s1. The first kappa shape index (κ1) is 15.7. The highest BCUT2D eigenvalue weighted by atomic mass is 79.9. The second kappa shape index (κ2) is 7.28. The van der Waals surface area contributed by atoms with Gasteiger partial charge in [0.25, 0.3) is 0 Å². The van der Waals surface area contributed by atoms with Crippen molar-refractivity contribution in [3.8, 4) is 0 Å². The maximum atomic E-state index is 11.8. The highest BCUT2D eigenvalue weighted by molar-refractivity contribution is 9.10. The molecule has 0 bridgehead atoms. The van der Waals surface area contributed by atoms with Crippen LogP contribution < -0.4 is 11.1 Å². The molecule has 0 saturated carbocycles. The Labute approximate surface area is 121 Å². The number of amides is 2. The van der Waals surface area contributed by atoms with E-state index >= 15 is 0 Å². The summed E-state index contributed by atoms with van der Waals surface area (Å²) in [6, 6.07) is 6.41. The van der Waals surface area contributed by atoms with Crippen molar-refractivity contribution in [3.63, 3.8) is 0 Å². The molecule has 0 spiro atoms. The zero-order valence-corrected chi connectivity index (χ0v) is 12.7. The van der Waals surface area contributed by atoms with Gasteiger partial charge in [0.1, 0.15) is 6.04 Å². The first-order chi connectivity index (χ1) is 8.90. The molecule has 0 aromatic heterocycles. The van der Waals surface area contributed by atoms with E-state index in [9.17, 15) is 9.59 Å². The summed E-state index contributed by atoms with van der Waals surface area (Å²) in [5.41, 5.74) is 6.03. The average Bonchev–Trinajstić information content (AvgIpc) is 2.33. The van der Waals surface area contributed by atoms with Crippen LogP contribution in [0.15, 0.2) is 28.7 Å². The van der Waals surface area contributed by atoms with Crippen molar-refractivity contribution >= 4 is 27.7 Å². The molecule has 4 nitrogen and oxygen atoms in total. The van der Waals surface area contributed by atoms with Gasteiger partial charge in [-0.3, -0.25) is 9.59 Å². The molecule has 0 unspecified atom stereocenters. The van der Waals surface area contributed by atoms with Gasteiger partial charge >= 0.3 is 0 Å². The third-order valence-electron chi connectivity index (χ3n) is 2.72. The van der Waals surface area contributed by atoms with Crippen LogP contribution in [0.2, 0.25) is 0 Å². The van der Waals surface area contributed by atoms with Crippen LogP contribution in [-0.2, 0) is 9.59 Å². The van der Waals surface area contributed by atoms with Gasteiger partial charge in [0, 0.05) is 10.9 Å². The summed E-state index contributed by atoms with van der Waals surface area (Å²) in [5, 5.41) is 2.68. The van der Waals surface area contributed by atoms with Crippen molar-refractivity contribution < 1.29 is 9.59 Å². The van der Waals surface area contributed by atoms with Crippen LogP contribution in [0.1, 0.15) is 38.3 Å². The highest BCUT2D eigenvalue weighted by Crippen LogP contribution is 2.18. The number of hydrogen-bond acceptors (Lipinski definition) is 2. The van der Waals surface area contributed by atoms with Crippen molar-refractivity contribution in [3.05, 3.63) is 34.3 Å². The lowest BCUT2D eigenvalue weighted by Gasteiger charge is -2.16. The van der Waals surface area contributed by atoms with Crippen LogP contribution in [-0.4, -0.2) is 11.8 Å². The highest BCUT2D eigenvalue weighted by Gasteiger charge is 2.20. The summed E-state index contributed by atoms with van der Waals surface area (Å²) in [7, 11) is 0. The molecule has 1 aromatic carbocycles. The molecule has 0 saturated heterocycles. The van der Waals surface area contributed by atoms with E-state index in [-0.39, 0.29) is 5.91 Å². The largest absolute Gasteiger partial charge is 0.368 e.